The average Bonchev–Trinajstić information content (AvgIpc) is 2.77. The Balaban J connectivity index is 2.05. The van der Waals surface area contributed by atoms with Crippen molar-refractivity contribution in [3.8, 4) is 0 Å². The Morgan fingerprint density at radius 1 is 1.25 bits per heavy atom. The smallest absolute Gasteiger partial charge is 0.248 e. The van der Waals surface area contributed by atoms with E-state index in [0.29, 0.717) is 22.6 Å². The van der Waals surface area contributed by atoms with Gasteiger partial charge in [0, 0.05) is 11.1 Å². The quantitative estimate of drug-likeness (QED) is 0.847. The number of amides is 2. The molecule has 0 aliphatic carbocycles. The van der Waals surface area contributed by atoms with Gasteiger partial charge in [0.25, 0.3) is 0 Å². The van der Waals surface area contributed by atoms with E-state index in [4.69, 9.17) is 17.3 Å². The SMILES string of the molecule is NC(=O)c1ccc(N2C(=O)Cc3c(Cl)ncnc32)cc1. The summed E-state index contributed by atoms with van der Waals surface area (Å²) in [6.45, 7) is 0. The van der Waals surface area contributed by atoms with Gasteiger partial charge in [-0.25, -0.2) is 9.97 Å². The van der Waals surface area contributed by atoms with Crippen LogP contribution < -0.4 is 10.6 Å². The Kier molecular flexibility index (Phi) is 2.87. The standard InChI is InChI=1S/C13H9ClN4O2/c14-11-9-5-10(19)18(13(9)17-6-16-11)8-3-1-7(2-4-8)12(15)20/h1-4,6H,5H2,(H2,15,20). The number of aromatic nitrogens is 2. The molecular weight excluding hydrogens is 280 g/mol. The first-order valence-corrected chi connectivity index (χ1v) is 6.18. The number of hydrogen-bond acceptors (Lipinski definition) is 4. The third kappa shape index (κ3) is 1.90. The molecule has 7 heteroatoms. The van der Waals surface area contributed by atoms with E-state index < -0.39 is 5.91 Å². The molecule has 0 atom stereocenters. The molecule has 6 nitrogen and oxygen atoms in total. The zero-order valence-corrected chi connectivity index (χ0v) is 11.0. The van der Waals surface area contributed by atoms with E-state index in [9.17, 15) is 9.59 Å². The van der Waals surface area contributed by atoms with E-state index in [2.05, 4.69) is 9.97 Å². The van der Waals surface area contributed by atoms with Crippen LogP contribution in [-0.4, -0.2) is 21.8 Å². The number of fused-ring (bicyclic) bond motifs is 1. The minimum Gasteiger partial charge on any atom is -0.366 e. The van der Waals surface area contributed by atoms with E-state index in [1.54, 1.807) is 24.3 Å². The summed E-state index contributed by atoms with van der Waals surface area (Å²) in [7, 11) is 0. The topological polar surface area (TPSA) is 89.2 Å². The normalized spacial score (nSPS) is 13.4. The summed E-state index contributed by atoms with van der Waals surface area (Å²) < 4.78 is 0. The van der Waals surface area contributed by atoms with Crippen molar-refractivity contribution in [1.29, 1.82) is 0 Å². The molecular formula is C13H9ClN4O2. The minimum atomic E-state index is -0.518. The highest BCUT2D eigenvalue weighted by molar-refractivity contribution is 6.31. The van der Waals surface area contributed by atoms with Crippen LogP contribution in [0.15, 0.2) is 30.6 Å². The highest BCUT2D eigenvalue weighted by Gasteiger charge is 2.32. The number of hydrogen-bond donors (Lipinski definition) is 1. The van der Waals surface area contributed by atoms with Crippen LogP contribution in [0.4, 0.5) is 11.5 Å². The highest BCUT2D eigenvalue weighted by atomic mass is 35.5. The molecule has 0 saturated heterocycles. The minimum absolute atomic E-state index is 0.144. The molecule has 2 aromatic rings. The molecule has 1 aromatic heterocycles. The second-order valence-electron chi connectivity index (χ2n) is 4.28. The first kappa shape index (κ1) is 12.6. The van der Waals surface area contributed by atoms with Crippen LogP contribution in [-0.2, 0) is 11.2 Å². The second kappa shape index (κ2) is 4.57. The van der Waals surface area contributed by atoms with Gasteiger partial charge in [0.1, 0.15) is 17.3 Å². The number of carbonyl (C=O) groups is 2. The summed E-state index contributed by atoms with van der Waals surface area (Å²) in [5, 5.41) is 0.277. The molecule has 2 amide bonds. The molecule has 1 aromatic carbocycles. The third-order valence-electron chi connectivity index (χ3n) is 3.07. The summed E-state index contributed by atoms with van der Waals surface area (Å²) in [4.78, 5) is 32.6. The number of nitrogens with two attached hydrogens (primary N) is 1. The predicted octanol–water partition coefficient (Wildman–Crippen LogP) is 1.45. The van der Waals surface area contributed by atoms with Crippen LogP contribution in [0.5, 0.6) is 0 Å². The molecule has 2 N–H and O–H groups in total. The van der Waals surface area contributed by atoms with Gasteiger partial charge in [-0.05, 0) is 24.3 Å². The number of benzene rings is 1. The molecule has 100 valence electrons. The fourth-order valence-electron chi connectivity index (χ4n) is 2.12. The summed E-state index contributed by atoms with van der Waals surface area (Å²) >= 11 is 5.96. The molecule has 0 saturated carbocycles. The zero-order valence-electron chi connectivity index (χ0n) is 10.2. The van der Waals surface area contributed by atoms with Gasteiger partial charge in [0.2, 0.25) is 11.8 Å². The molecule has 20 heavy (non-hydrogen) atoms. The van der Waals surface area contributed by atoms with Crippen molar-refractivity contribution in [1.82, 2.24) is 9.97 Å². The number of anilines is 2. The second-order valence-corrected chi connectivity index (χ2v) is 4.64. The van der Waals surface area contributed by atoms with Crippen molar-refractivity contribution in [2.75, 3.05) is 4.90 Å². The third-order valence-corrected chi connectivity index (χ3v) is 3.39. The largest absolute Gasteiger partial charge is 0.366 e. The highest BCUT2D eigenvalue weighted by Crippen LogP contribution is 2.36. The fourth-order valence-corrected chi connectivity index (χ4v) is 2.31. The summed E-state index contributed by atoms with van der Waals surface area (Å²) in [6, 6.07) is 6.41. The van der Waals surface area contributed by atoms with Gasteiger partial charge >= 0.3 is 0 Å². The van der Waals surface area contributed by atoms with Gasteiger partial charge in [0.15, 0.2) is 0 Å². The number of primary amides is 1. The van der Waals surface area contributed by atoms with Gasteiger partial charge in [-0.15, -0.1) is 0 Å². The Labute approximate surface area is 119 Å². The molecule has 1 aliphatic rings. The fraction of sp³-hybridized carbons (Fsp3) is 0.0769. The van der Waals surface area contributed by atoms with Crippen molar-refractivity contribution < 1.29 is 9.59 Å². The van der Waals surface area contributed by atoms with Gasteiger partial charge < -0.3 is 5.73 Å². The zero-order chi connectivity index (χ0) is 14.3. The molecule has 0 radical (unpaired) electrons. The maximum absolute atomic E-state index is 12.1. The van der Waals surface area contributed by atoms with E-state index >= 15 is 0 Å². The summed E-state index contributed by atoms with van der Waals surface area (Å²) in [6.07, 6.45) is 1.47. The lowest BCUT2D eigenvalue weighted by Crippen LogP contribution is -2.21. The summed E-state index contributed by atoms with van der Waals surface area (Å²) in [5.74, 6) is -0.189. The molecule has 0 unspecified atom stereocenters. The van der Waals surface area contributed by atoms with Crippen LogP contribution >= 0.6 is 11.6 Å². The number of carbonyl (C=O) groups excluding carboxylic acids is 2. The van der Waals surface area contributed by atoms with Crippen LogP contribution in [0.1, 0.15) is 15.9 Å². The molecule has 1 aliphatic heterocycles. The van der Waals surface area contributed by atoms with Crippen LogP contribution in [0.25, 0.3) is 0 Å². The van der Waals surface area contributed by atoms with Gasteiger partial charge in [0.05, 0.1) is 12.1 Å². The van der Waals surface area contributed by atoms with Crippen LogP contribution in [0, 0.1) is 0 Å². The van der Waals surface area contributed by atoms with Gasteiger partial charge in [-0.3, -0.25) is 14.5 Å². The maximum atomic E-state index is 12.1. The Morgan fingerprint density at radius 3 is 2.60 bits per heavy atom. The van der Waals surface area contributed by atoms with E-state index in [0.717, 1.165) is 0 Å². The first-order chi connectivity index (χ1) is 9.58. The number of nitrogens with zero attached hydrogens (tertiary/aromatic N) is 3. The van der Waals surface area contributed by atoms with Gasteiger partial charge in [-0.2, -0.15) is 0 Å². The summed E-state index contributed by atoms with van der Waals surface area (Å²) in [5.41, 5.74) is 6.77. The van der Waals surface area contributed by atoms with Crippen LogP contribution in [0.3, 0.4) is 0 Å². The Hall–Kier alpha value is -2.47. The number of rotatable bonds is 2. The predicted molar refractivity (Wildman–Crippen MR) is 72.9 cm³/mol. The molecule has 3 rings (SSSR count). The lowest BCUT2D eigenvalue weighted by molar-refractivity contribution is -0.116. The monoisotopic (exact) mass is 288 g/mol. The van der Waals surface area contributed by atoms with Crippen LogP contribution in [0.2, 0.25) is 5.15 Å². The van der Waals surface area contributed by atoms with Crippen molar-refractivity contribution in [3.05, 3.63) is 46.9 Å². The Bertz CT molecular complexity index is 715. The van der Waals surface area contributed by atoms with Crippen molar-refractivity contribution >= 4 is 34.9 Å². The molecule has 0 spiro atoms. The molecule has 0 bridgehead atoms. The van der Waals surface area contributed by atoms with E-state index in [-0.39, 0.29) is 17.5 Å². The van der Waals surface area contributed by atoms with E-state index in [1.807, 2.05) is 0 Å². The van der Waals surface area contributed by atoms with Crippen molar-refractivity contribution in [2.24, 2.45) is 5.73 Å². The van der Waals surface area contributed by atoms with Crippen molar-refractivity contribution in [3.63, 3.8) is 0 Å². The lowest BCUT2D eigenvalue weighted by atomic mass is 10.2. The van der Waals surface area contributed by atoms with Gasteiger partial charge in [-0.1, -0.05) is 11.6 Å². The first-order valence-electron chi connectivity index (χ1n) is 5.80. The van der Waals surface area contributed by atoms with Crippen molar-refractivity contribution in [2.45, 2.75) is 6.42 Å². The Morgan fingerprint density at radius 2 is 1.95 bits per heavy atom. The molecule has 0 fully saturated rings. The lowest BCUT2D eigenvalue weighted by Gasteiger charge is -2.16. The molecule has 2 heterocycles. The van der Waals surface area contributed by atoms with E-state index in [1.165, 1.54) is 11.2 Å². The average molecular weight is 289 g/mol. The maximum Gasteiger partial charge on any atom is 0.248 e. The number of halogens is 1.